The number of oxime groups is 1. The van der Waals surface area contributed by atoms with Crippen molar-refractivity contribution in [1.29, 1.82) is 0 Å². The number of benzene rings is 2. The van der Waals surface area contributed by atoms with Crippen LogP contribution in [0, 0.1) is 5.82 Å². The molecule has 2 aromatic carbocycles. The molecule has 27 heavy (non-hydrogen) atoms. The molecule has 0 amide bonds. The van der Waals surface area contributed by atoms with Gasteiger partial charge in [-0.25, -0.2) is 4.39 Å². The first-order valence-electron chi connectivity index (χ1n) is 8.94. The smallest absolute Gasteiger partial charge is 0.170 e. The zero-order valence-electron chi connectivity index (χ0n) is 15.1. The summed E-state index contributed by atoms with van der Waals surface area (Å²) in [6, 6.07) is 13.8. The summed E-state index contributed by atoms with van der Waals surface area (Å²) in [5.74, 6) is 0.597. The highest BCUT2D eigenvalue weighted by molar-refractivity contribution is 5.97. The number of hydrogen-bond acceptors (Lipinski definition) is 5. The van der Waals surface area contributed by atoms with Crippen LogP contribution in [0.25, 0.3) is 0 Å². The van der Waals surface area contributed by atoms with E-state index in [9.17, 15) is 4.39 Å². The third-order valence-electron chi connectivity index (χ3n) is 4.15. The SMILES string of the molecule is N/C(=N/OCCOc1ccc(F)cc1)c1cccc(CN2CCOCC2)c1. The number of rotatable bonds is 8. The molecule has 0 aliphatic carbocycles. The van der Waals surface area contributed by atoms with Crippen LogP contribution in [0.15, 0.2) is 53.7 Å². The van der Waals surface area contributed by atoms with E-state index in [4.69, 9.17) is 20.0 Å². The van der Waals surface area contributed by atoms with E-state index in [1.54, 1.807) is 12.1 Å². The number of nitrogens with zero attached hydrogens (tertiary/aromatic N) is 2. The van der Waals surface area contributed by atoms with Crippen LogP contribution in [0.3, 0.4) is 0 Å². The minimum Gasteiger partial charge on any atom is -0.490 e. The third-order valence-corrected chi connectivity index (χ3v) is 4.15. The lowest BCUT2D eigenvalue weighted by Crippen LogP contribution is -2.35. The predicted octanol–water partition coefficient (Wildman–Crippen LogP) is 2.37. The second-order valence-corrected chi connectivity index (χ2v) is 6.20. The molecule has 0 atom stereocenters. The summed E-state index contributed by atoms with van der Waals surface area (Å²) in [4.78, 5) is 7.57. The Morgan fingerprint density at radius 2 is 1.89 bits per heavy atom. The fourth-order valence-electron chi connectivity index (χ4n) is 2.74. The van der Waals surface area contributed by atoms with E-state index in [0.29, 0.717) is 18.2 Å². The summed E-state index contributed by atoms with van der Waals surface area (Å²) in [6.45, 7) is 4.81. The van der Waals surface area contributed by atoms with Crippen LogP contribution in [-0.4, -0.2) is 50.3 Å². The van der Waals surface area contributed by atoms with Crippen molar-refractivity contribution in [3.05, 3.63) is 65.5 Å². The fourth-order valence-corrected chi connectivity index (χ4v) is 2.74. The minimum absolute atomic E-state index is 0.242. The van der Waals surface area contributed by atoms with Crippen LogP contribution in [-0.2, 0) is 16.1 Å². The van der Waals surface area contributed by atoms with Gasteiger partial charge in [0, 0.05) is 25.2 Å². The molecule has 0 aromatic heterocycles. The average molecular weight is 373 g/mol. The van der Waals surface area contributed by atoms with Crippen molar-refractivity contribution in [1.82, 2.24) is 4.90 Å². The summed E-state index contributed by atoms with van der Waals surface area (Å²) in [5.41, 5.74) is 8.01. The van der Waals surface area contributed by atoms with Crippen LogP contribution < -0.4 is 10.5 Å². The highest BCUT2D eigenvalue weighted by atomic mass is 19.1. The highest BCUT2D eigenvalue weighted by Gasteiger charge is 2.11. The molecular formula is C20H24FN3O3. The molecule has 2 aromatic rings. The molecule has 1 saturated heterocycles. The van der Waals surface area contributed by atoms with Gasteiger partial charge in [0.2, 0.25) is 0 Å². The quantitative estimate of drug-likeness (QED) is 0.333. The van der Waals surface area contributed by atoms with E-state index >= 15 is 0 Å². The summed E-state index contributed by atoms with van der Waals surface area (Å²) < 4.78 is 23.6. The van der Waals surface area contributed by atoms with Gasteiger partial charge in [0.05, 0.1) is 13.2 Å². The summed E-state index contributed by atoms with van der Waals surface area (Å²) in [7, 11) is 0. The molecule has 1 aliphatic heterocycles. The number of amidine groups is 1. The van der Waals surface area contributed by atoms with Gasteiger partial charge in [0.25, 0.3) is 0 Å². The van der Waals surface area contributed by atoms with Crippen molar-refractivity contribution >= 4 is 5.84 Å². The van der Waals surface area contributed by atoms with E-state index in [-0.39, 0.29) is 12.4 Å². The first-order valence-corrected chi connectivity index (χ1v) is 8.94. The minimum atomic E-state index is -0.299. The van der Waals surface area contributed by atoms with Crippen LogP contribution in [0.5, 0.6) is 5.75 Å². The Morgan fingerprint density at radius 3 is 2.67 bits per heavy atom. The monoisotopic (exact) mass is 373 g/mol. The van der Waals surface area contributed by atoms with Gasteiger partial charge in [-0.05, 0) is 35.9 Å². The first-order chi connectivity index (χ1) is 13.2. The maximum atomic E-state index is 12.8. The predicted molar refractivity (Wildman–Crippen MR) is 101 cm³/mol. The van der Waals surface area contributed by atoms with Gasteiger partial charge in [-0.15, -0.1) is 0 Å². The Morgan fingerprint density at radius 1 is 1.11 bits per heavy atom. The van der Waals surface area contributed by atoms with E-state index in [1.807, 2.05) is 18.2 Å². The van der Waals surface area contributed by atoms with Gasteiger partial charge in [-0.1, -0.05) is 23.4 Å². The lowest BCUT2D eigenvalue weighted by atomic mass is 10.1. The van der Waals surface area contributed by atoms with Crippen molar-refractivity contribution < 1.29 is 18.7 Å². The van der Waals surface area contributed by atoms with Crippen LogP contribution in [0.2, 0.25) is 0 Å². The average Bonchev–Trinajstić information content (AvgIpc) is 2.70. The van der Waals surface area contributed by atoms with Crippen LogP contribution >= 0.6 is 0 Å². The molecule has 1 heterocycles. The molecule has 2 N–H and O–H groups in total. The largest absolute Gasteiger partial charge is 0.490 e. The Labute approximate surface area is 158 Å². The maximum Gasteiger partial charge on any atom is 0.170 e. The standard InChI is InChI=1S/C20H24FN3O3/c21-18-4-6-19(7-5-18)26-12-13-27-23-20(22)17-3-1-2-16(14-17)15-24-8-10-25-11-9-24/h1-7,14H,8-13,15H2,(H2,22,23). The van der Waals surface area contributed by atoms with E-state index in [1.165, 1.54) is 17.7 Å². The highest BCUT2D eigenvalue weighted by Crippen LogP contribution is 2.11. The Bertz CT molecular complexity index is 746. The third kappa shape index (κ3) is 6.23. The number of hydrogen-bond donors (Lipinski definition) is 1. The summed E-state index contributed by atoms with van der Waals surface area (Å²) in [6.07, 6.45) is 0. The maximum absolute atomic E-state index is 12.8. The second-order valence-electron chi connectivity index (χ2n) is 6.20. The molecular weight excluding hydrogens is 349 g/mol. The van der Waals surface area contributed by atoms with E-state index in [0.717, 1.165) is 38.4 Å². The molecule has 3 rings (SSSR count). The van der Waals surface area contributed by atoms with Gasteiger partial charge in [-0.3, -0.25) is 4.90 Å². The molecule has 0 bridgehead atoms. The van der Waals surface area contributed by atoms with Gasteiger partial charge in [0.15, 0.2) is 12.4 Å². The number of halogens is 1. The van der Waals surface area contributed by atoms with Crippen molar-refractivity contribution in [2.75, 3.05) is 39.5 Å². The lowest BCUT2D eigenvalue weighted by Gasteiger charge is -2.26. The summed E-state index contributed by atoms with van der Waals surface area (Å²) in [5, 5.41) is 3.95. The van der Waals surface area contributed by atoms with Gasteiger partial charge < -0.3 is 20.0 Å². The number of ether oxygens (including phenoxy) is 2. The van der Waals surface area contributed by atoms with Crippen LogP contribution in [0.4, 0.5) is 4.39 Å². The zero-order chi connectivity index (χ0) is 18.9. The molecule has 0 saturated carbocycles. The molecule has 0 radical (unpaired) electrons. The molecule has 0 spiro atoms. The summed E-state index contributed by atoms with van der Waals surface area (Å²) >= 11 is 0. The van der Waals surface area contributed by atoms with Crippen molar-refractivity contribution in [3.63, 3.8) is 0 Å². The zero-order valence-corrected chi connectivity index (χ0v) is 15.1. The second kappa shape index (κ2) is 9.89. The number of nitrogens with two attached hydrogens (primary N) is 1. The lowest BCUT2D eigenvalue weighted by molar-refractivity contribution is 0.0342. The van der Waals surface area contributed by atoms with Gasteiger partial charge >= 0.3 is 0 Å². The van der Waals surface area contributed by atoms with Gasteiger partial charge in [0.1, 0.15) is 18.2 Å². The Hall–Kier alpha value is -2.64. The fraction of sp³-hybridized carbons (Fsp3) is 0.350. The van der Waals surface area contributed by atoms with Crippen molar-refractivity contribution in [2.24, 2.45) is 10.9 Å². The van der Waals surface area contributed by atoms with Gasteiger partial charge in [-0.2, -0.15) is 0 Å². The molecule has 1 aliphatic rings. The molecule has 1 fully saturated rings. The first kappa shape index (κ1) is 19.1. The molecule has 6 nitrogen and oxygen atoms in total. The normalized spacial score (nSPS) is 15.5. The Kier molecular flexibility index (Phi) is 7.01. The number of morpholine rings is 1. The van der Waals surface area contributed by atoms with Crippen molar-refractivity contribution in [3.8, 4) is 5.75 Å². The topological polar surface area (TPSA) is 69.3 Å². The molecule has 7 heteroatoms. The molecule has 0 unspecified atom stereocenters. The van der Waals surface area contributed by atoms with E-state index < -0.39 is 0 Å². The molecule has 144 valence electrons. The van der Waals surface area contributed by atoms with E-state index in [2.05, 4.69) is 16.1 Å². The van der Waals surface area contributed by atoms with Crippen LogP contribution in [0.1, 0.15) is 11.1 Å². The Balaban J connectivity index is 1.45. The van der Waals surface area contributed by atoms with Crippen molar-refractivity contribution in [2.45, 2.75) is 6.54 Å².